The van der Waals surface area contributed by atoms with Crippen molar-refractivity contribution in [3.63, 3.8) is 0 Å². The second kappa shape index (κ2) is 17.7. The monoisotopic (exact) mass is 1000 g/mol. The number of pyridine rings is 1. The molecule has 2 bridgehead atoms. The number of phenols is 1. The lowest BCUT2D eigenvalue weighted by Gasteiger charge is -2.63. The molecule has 384 valence electrons. The zero-order chi connectivity index (χ0) is 50.0. The summed E-state index contributed by atoms with van der Waals surface area (Å²) < 4.78 is 69.5. The van der Waals surface area contributed by atoms with E-state index in [4.69, 9.17) is 14.7 Å². The third-order valence-corrected chi connectivity index (χ3v) is 18.5. The molecule has 3 N–H and O–H groups in total. The number of fused-ring (bicyclic) bond motifs is 4. The minimum atomic E-state index is -0.999. The number of aryl methyl sites for hydroxylation is 1. The van der Waals surface area contributed by atoms with Crippen LogP contribution < -0.4 is 25.2 Å². The van der Waals surface area contributed by atoms with Crippen LogP contribution in [0.1, 0.15) is 101 Å². The Kier molecular flexibility index (Phi) is 11.4. The van der Waals surface area contributed by atoms with Crippen molar-refractivity contribution >= 4 is 45.0 Å². The van der Waals surface area contributed by atoms with Gasteiger partial charge in [-0.1, -0.05) is 13.0 Å². The fourth-order valence-corrected chi connectivity index (χ4v) is 14.3. The van der Waals surface area contributed by atoms with Gasteiger partial charge in [0, 0.05) is 104 Å². The lowest BCUT2D eigenvalue weighted by molar-refractivity contribution is -0.134. The molecule has 3 unspecified atom stereocenters. The van der Waals surface area contributed by atoms with Crippen LogP contribution in [0.25, 0.3) is 32.9 Å². The second-order valence-corrected chi connectivity index (χ2v) is 23.4. The highest BCUT2D eigenvalue weighted by atomic mass is 19.1. The molecule has 73 heavy (non-hydrogen) atoms. The second-order valence-electron chi connectivity index (χ2n) is 23.4. The number of anilines is 2. The van der Waals surface area contributed by atoms with Crippen LogP contribution in [-0.2, 0) is 16.0 Å². The van der Waals surface area contributed by atoms with Crippen LogP contribution in [0, 0.1) is 39.5 Å². The number of nitrogens with one attached hydrogen (secondary N) is 2. The molecule has 8 aliphatic rings. The molecule has 5 aromatic rings. The quantitative estimate of drug-likeness (QED) is 0.0870. The summed E-state index contributed by atoms with van der Waals surface area (Å²) in [6.07, 6.45) is 13.6. The molecule has 13 rings (SSSR count). The van der Waals surface area contributed by atoms with Crippen molar-refractivity contribution < 1.29 is 37.0 Å². The molecule has 2 aromatic heterocycles. The topological polar surface area (TPSA) is 139 Å². The van der Waals surface area contributed by atoms with Crippen molar-refractivity contribution in [3.05, 3.63) is 77.0 Å². The van der Waals surface area contributed by atoms with Crippen LogP contribution in [-0.4, -0.2) is 125 Å². The van der Waals surface area contributed by atoms with Gasteiger partial charge in [-0.2, -0.15) is 9.97 Å². The summed E-state index contributed by atoms with van der Waals surface area (Å²) in [5.74, 6) is -4.04. The van der Waals surface area contributed by atoms with E-state index in [-0.39, 0.29) is 52.2 Å². The third-order valence-electron chi connectivity index (χ3n) is 18.5. The summed E-state index contributed by atoms with van der Waals surface area (Å²) in [5, 5.41) is 18.3. The Bertz CT molecular complexity index is 3010. The maximum Gasteiger partial charge on any atom is 0.319 e. The SMILES string of the molecule is CCc1c(F)ccc2cc(O)cc(-c3ncc4c(N5CC6CCC(C5)N6)nc(OCC5(CN6CCC7(CCC(N8CC9(CN(c%10cc(F)c(C%11CCC(=O)NC%11=O)c(F)c%10)C9)C8)CC7)CC6)CC5)nc4c3F)c12. The molecule has 3 atom stereocenters. The van der Waals surface area contributed by atoms with Gasteiger partial charge in [0.2, 0.25) is 11.8 Å². The highest BCUT2D eigenvalue weighted by molar-refractivity contribution is 6.02. The Morgan fingerprint density at radius 2 is 1.53 bits per heavy atom. The van der Waals surface area contributed by atoms with Crippen molar-refractivity contribution in [2.75, 3.05) is 75.3 Å². The largest absolute Gasteiger partial charge is 0.508 e. The Morgan fingerprint density at radius 3 is 2.22 bits per heavy atom. The molecular formula is C56H63F4N9O4. The number of aromatic hydroxyl groups is 1. The maximum absolute atomic E-state index is 17.2. The number of aromatic nitrogens is 3. The summed E-state index contributed by atoms with van der Waals surface area (Å²) in [5.41, 5.74) is 1.57. The van der Waals surface area contributed by atoms with Crippen LogP contribution in [0.4, 0.5) is 29.1 Å². The first-order valence-corrected chi connectivity index (χ1v) is 26.7. The van der Waals surface area contributed by atoms with Crippen molar-refractivity contribution in [1.82, 2.24) is 35.4 Å². The number of imide groups is 1. The van der Waals surface area contributed by atoms with E-state index in [1.54, 1.807) is 18.3 Å². The summed E-state index contributed by atoms with van der Waals surface area (Å²) >= 11 is 0. The minimum Gasteiger partial charge on any atom is -0.508 e. The molecule has 3 aromatic carbocycles. The smallest absolute Gasteiger partial charge is 0.319 e. The van der Waals surface area contributed by atoms with Crippen LogP contribution in [0.2, 0.25) is 0 Å². The lowest BCUT2D eigenvalue weighted by atomic mass is 9.65. The van der Waals surface area contributed by atoms with Crippen LogP contribution in [0.15, 0.2) is 42.6 Å². The van der Waals surface area contributed by atoms with E-state index in [1.807, 2.05) is 11.8 Å². The van der Waals surface area contributed by atoms with E-state index >= 15 is 17.6 Å². The molecular weight excluding hydrogens is 939 g/mol. The van der Waals surface area contributed by atoms with Crippen molar-refractivity contribution in [2.45, 2.75) is 114 Å². The summed E-state index contributed by atoms with van der Waals surface area (Å²) in [6, 6.07) is 10.0. The van der Waals surface area contributed by atoms with Gasteiger partial charge in [0.05, 0.1) is 17.9 Å². The molecule has 2 saturated carbocycles. The van der Waals surface area contributed by atoms with Gasteiger partial charge in [-0.3, -0.25) is 24.8 Å². The standard InChI is InChI=1S/C56H63F4N9O4/c1-2-38-42(57)7-3-32-19-37(70)22-40(46(32)38)49-48(60)50-41(23-61-49)51(67-24-33-4-5-34(25-67)62-33)65-53(64-50)73-31-55(13-14-55)26-66-17-15-54(16-18-66)11-9-35(10-12-54)68-27-56(28-68)29-69(30-56)36-20-43(58)47(44(59)21-36)39-6-8-45(71)63-52(39)72/h3,7,19-23,33-35,39,62,70H,2,4-6,8-18,24-31H2,1H3,(H,63,71,72). The Hall–Kier alpha value is -5.65. The molecule has 13 nitrogen and oxygen atoms in total. The van der Waals surface area contributed by atoms with Gasteiger partial charge in [0.1, 0.15) is 40.2 Å². The molecule has 6 aliphatic heterocycles. The van der Waals surface area contributed by atoms with E-state index in [2.05, 4.69) is 30.3 Å². The number of carbonyl (C=O) groups is 2. The van der Waals surface area contributed by atoms with Crippen LogP contribution in [0.5, 0.6) is 11.8 Å². The first kappa shape index (κ1) is 47.1. The number of carbonyl (C=O) groups excluding carboxylic acids is 2. The van der Waals surface area contributed by atoms with Gasteiger partial charge in [0.25, 0.3) is 0 Å². The Labute approximate surface area is 422 Å². The maximum atomic E-state index is 17.2. The zero-order valence-electron chi connectivity index (χ0n) is 41.4. The summed E-state index contributed by atoms with van der Waals surface area (Å²) in [6.45, 7) is 10.3. The predicted molar refractivity (Wildman–Crippen MR) is 269 cm³/mol. The number of ether oxygens (including phenoxy) is 1. The zero-order valence-corrected chi connectivity index (χ0v) is 41.4. The molecule has 2 aliphatic carbocycles. The molecule has 8 fully saturated rings. The average molecular weight is 1000 g/mol. The minimum absolute atomic E-state index is 0.0102. The lowest BCUT2D eigenvalue weighted by Crippen LogP contribution is -2.74. The number of amides is 2. The number of halogens is 4. The van der Waals surface area contributed by atoms with E-state index in [0.29, 0.717) is 75.4 Å². The van der Waals surface area contributed by atoms with Gasteiger partial charge in [-0.15, -0.1) is 0 Å². The van der Waals surface area contributed by atoms with Crippen molar-refractivity contribution in [3.8, 4) is 23.0 Å². The number of phenolic OH excluding ortho intramolecular Hbond substituents is 1. The Morgan fingerprint density at radius 1 is 0.808 bits per heavy atom. The number of nitrogens with zero attached hydrogens (tertiary/aromatic N) is 7. The Balaban J connectivity index is 0.634. The van der Waals surface area contributed by atoms with Gasteiger partial charge in [0.15, 0.2) is 5.82 Å². The van der Waals surface area contributed by atoms with Crippen LogP contribution in [0.3, 0.4) is 0 Å². The number of likely N-dealkylation sites (tertiary alicyclic amines) is 2. The summed E-state index contributed by atoms with van der Waals surface area (Å²) in [4.78, 5) is 47.8. The molecule has 0 radical (unpaired) electrons. The van der Waals surface area contributed by atoms with Crippen molar-refractivity contribution in [2.24, 2.45) is 16.2 Å². The number of hydrogen-bond acceptors (Lipinski definition) is 12. The number of rotatable bonds is 11. The predicted octanol–water partition coefficient (Wildman–Crippen LogP) is 8.14. The first-order chi connectivity index (χ1) is 35.2. The molecule has 2 amide bonds. The van der Waals surface area contributed by atoms with Gasteiger partial charge in [-0.25, -0.2) is 17.6 Å². The van der Waals surface area contributed by atoms with Gasteiger partial charge in [-0.05, 0) is 142 Å². The molecule has 17 heteroatoms. The molecule has 6 saturated heterocycles. The van der Waals surface area contributed by atoms with Gasteiger partial charge >= 0.3 is 6.01 Å². The van der Waals surface area contributed by atoms with Gasteiger partial charge < -0.3 is 29.9 Å². The van der Waals surface area contributed by atoms with E-state index in [1.165, 1.54) is 62.8 Å². The fraction of sp³-hybridized carbons (Fsp3) is 0.554. The number of piperidine rings is 2. The normalized spacial score (nSPS) is 25.6. The number of hydrogen-bond donors (Lipinski definition) is 3. The van der Waals surface area contributed by atoms with E-state index in [0.717, 1.165) is 84.6 Å². The highest BCUT2D eigenvalue weighted by Crippen LogP contribution is 2.52. The third kappa shape index (κ3) is 8.45. The van der Waals surface area contributed by atoms with E-state index in [9.17, 15) is 14.7 Å². The first-order valence-electron chi connectivity index (χ1n) is 26.7. The number of benzene rings is 3. The summed E-state index contributed by atoms with van der Waals surface area (Å²) in [7, 11) is 0. The van der Waals surface area contributed by atoms with E-state index < -0.39 is 41.0 Å². The molecule has 2 spiro atoms. The fourth-order valence-electron chi connectivity index (χ4n) is 14.3. The number of piperazine rings is 1. The highest BCUT2D eigenvalue weighted by Gasteiger charge is 2.55. The van der Waals surface area contributed by atoms with Crippen molar-refractivity contribution in [1.29, 1.82) is 0 Å². The average Bonchev–Trinajstić information content (AvgIpc) is 4.04. The molecule has 8 heterocycles. The van der Waals surface area contributed by atoms with Crippen LogP contribution >= 0.6 is 0 Å².